The Balaban J connectivity index is 2.02. The molecule has 0 unspecified atom stereocenters. The fraction of sp³-hybridized carbons (Fsp3) is 0.235. The lowest BCUT2D eigenvalue weighted by Gasteiger charge is -2.03. The van der Waals surface area contributed by atoms with E-state index in [1.807, 2.05) is 0 Å². The number of hydrogen-bond donors (Lipinski definition) is 0. The Hall–Kier alpha value is -1.89. The molecule has 1 aliphatic rings. The van der Waals surface area contributed by atoms with Crippen LogP contribution in [0.4, 0.5) is 0 Å². The first-order valence-electron chi connectivity index (χ1n) is 6.41. The number of aromatic nitrogens is 1. The molecule has 0 amide bonds. The quantitative estimate of drug-likeness (QED) is 0.701. The fourth-order valence-corrected chi connectivity index (χ4v) is 2.45. The Labute approximate surface area is 108 Å². The molecule has 0 atom stereocenters. The highest BCUT2D eigenvalue weighted by Gasteiger charge is 2.25. The zero-order chi connectivity index (χ0) is 12.7. The summed E-state index contributed by atoms with van der Waals surface area (Å²) >= 11 is 0. The highest BCUT2D eigenvalue weighted by Crippen LogP contribution is 2.37. The third kappa shape index (κ3) is 1.97. The second-order valence-electron chi connectivity index (χ2n) is 5.22. The lowest BCUT2D eigenvalue weighted by Crippen LogP contribution is -2.31. The average molecular weight is 236 g/mol. The predicted octanol–water partition coefficient (Wildman–Crippen LogP) is 3.66. The predicted molar refractivity (Wildman–Crippen MR) is 75.0 cm³/mol. The lowest BCUT2D eigenvalue weighted by molar-refractivity contribution is -0.673. The standard InChI is InChI=1S/C17H18N/c1-12-5-4-6-14(9-12)15-7-8-17(18(3)11-15)16-10-13(16)2/h4-9,11H,10H2,1-3H3/q+1. The van der Waals surface area contributed by atoms with Gasteiger partial charge in [0, 0.05) is 23.6 Å². The van der Waals surface area contributed by atoms with Crippen LogP contribution < -0.4 is 4.57 Å². The zero-order valence-electron chi connectivity index (χ0n) is 11.2. The zero-order valence-corrected chi connectivity index (χ0v) is 11.2. The first kappa shape index (κ1) is 11.2. The van der Waals surface area contributed by atoms with Crippen molar-refractivity contribution in [2.75, 3.05) is 0 Å². The van der Waals surface area contributed by atoms with Crippen LogP contribution in [0.25, 0.3) is 16.7 Å². The summed E-state index contributed by atoms with van der Waals surface area (Å²) in [6, 6.07) is 13.1. The van der Waals surface area contributed by atoms with E-state index < -0.39 is 0 Å². The van der Waals surface area contributed by atoms with Crippen molar-refractivity contribution in [3.05, 3.63) is 59.4 Å². The van der Waals surface area contributed by atoms with Crippen LogP contribution in [0.5, 0.6) is 0 Å². The van der Waals surface area contributed by atoms with Crippen molar-refractivity contribution in [1.82, 2.24) is 0 Å². The monoisotopic (exact) mass is 236 g/mol. The molecule has 1 heterocycles. The lowest BCUT2D eigenvalue weighted by atomic mass is 10.0. The molecule has 1 heteroatoms. The van der Waals surface area contributed by atoms with Crippen molar-refractivity contribution in [2.24, 2.45) is 7.05 Å². The van der Waals surface area contributed by atoms with E-state index in [-0.39, 0.29) is 0 Å². The van der Waals surface area contributed by atoms with Crippen LogP contribution in [0.15, 0.2) is 48.2 Å². The van der Waals surface area contributed by atoms with E-state index in [2.05, 4.69) is 68.1 Å². The molecular formula is C17H18N+. The smallest absolute Gasteiger partial charge is 0.201 e. The number of rotatable bonds is 2. The van der Waals surface area contributed by atoms with Crippen LogP contribution in [-0.4, -0.2) is 0 Å². The number of allylic oxidation sites excluding steroid dienone is 2. The molecular weight excluding hydrogens is 218 g/mol. The van der Waals surface area contributed by atoms with Crippen molar-refractivity contribution in [3.63, 3.8) is 0 Å². The van der Waals surface area contributed by atoms with Gasteiger partial charge in [0.25, 0.3) is 0 Å². The van der Waals surface area contributed by atoms with Gasteiger partial charge in [-0.05, 0) is 25.5 Å². The summed E-state index contributed by atoms with van der Waals surface area (Å²) < 4.78 is 2.24. The summed E-state index contributed by atoms with van der Waals surface area (Å²) in [7, 11) is 2.13. The van der Waals surface area contributed by atoms with E-state index in [0.717, 1.165) is 0 Å². The van der Waals surface area contributed by atoms with Gasteiger partial charge in [0.1, 0.15) is 7.05 Å². The molecule has 0 fully saturated rings. The molecule has 3 rings (SSSR count). The van der Waals surface area contributed by atoms with Gasteiger partial charge in [-0.1, -0.05) is 35.4 Å². The van der Waals surface area contributed by atoms with Crippen LogP contribution in [0.2, 0.25) is 0 Å². The van der Waals surface area contributed by atoms with Gasteiger partial charge in [-0.2, -0.15) is 0 Å². The number of aryl methyl sites for hydroxylation is 2. The number of benzene rings is 1. The third-order valence-corrected chi connectivity index (χ3v) is 3.63. The summed E-state index contributed by atoms with van der Waals surface area (Å²) in [6.07, 6.45) is 3.40. The molecule has 1 nitrogen and oxygen atoms in total. The summed E-state index contributed by atoms with van der Waals surface area (Å²) in [6.45, 7) is 4.35. The van der Waals surface area contributed by atoms with Crippen LogP contribution in [-0.2, 0) is 7.05 Å². The van der Waals surface area contributed by atoms with E-state index in [1.54, 1.807) is 0 Å². The van der Waals surface area contributed by atoms with E-state index in [4.69, 9.17) is 0 Å². The first-order chi connectivity index (χ1) is 8.65. The molecule has 1 aromatic carbocycles. The minimum Gasteiger partial charge on any atom is -0.201 e. The molecule has 0 saturated heterocycles. The Morgan fingerprint density at radius 1 is 1.00 bits per heavy atom. The fourth-order valence-electron chi connectivity index (χ4n) is 2.45. The van der Waals surface area contributed by atoms with Crippen molar-refractivity contribution in [1.29, 1.82) is 0 Å². The molecule has 2 aromatic rings. The largest absolute Gasteiger partial charge is 0.208 e. The number of pyridine rings is 1. The molecule has 0 aliphatic heterocycles. The Morgan fingerprint density at radius 2 is 1.78 bits per heavy atom. The molecule has 0 radical (unpaired) electrons. The van der Waals surface area contributed by atoms with E-state index in [1.165, 1.54) is 40.0 Å². The Bertz CT molecular complexity index is 650. The van der Waals surface area contributed by atoms with Gasteiger partial charge < -0.3 is 0 Å². The number of nitrogens with zero attached hydrogens (tertiary/aromatic N) is 1. The summed E-state index contributed by atoms with van der Waals surface area (Å²) in [5.74, 6) is 0. The van der Waals surface area contributed by atoms with Gasteiger partial charge in [0.2, 0.25) is 5.69 Å². The van der Waals surface area contributed by atoms with Crippen molar-refractivity contribution >= 4 is 5.57 Å². The van der Waals surface area contributed by atoms with Crippen LogP contribution in [0, 0.1) is 6.92 Å². The molecule has 18 heavy (non-hydrogen) atoms. The topological polar surface area (TPSA) is 3.88 Å². The molecule has 90 valence electrons. The molecule has 1 aromatic heterocycles. The Morgan fingerprint density at radius 3 is 2.39 bits per heavy atom. The van der Waals surface area contributed by atoms with Gasteiger partial charge in [-0.15, -0.1) is 0 Å². The maximum atomic E-state index is 2.24. The van der Waals surface area contributed by atoms with E-state index in [9.17, 15) is 0 Å². The summed E-state index contributed by atoms with van der Waals surface area (Å²) in [5.41, 5.74) is 8.26. The van der Waals surface area contributed by atoms with Crippen LogP contribution in [0.3, 0.4) is 0 Å². The van der Waals surface area contributed by atoms with Gasteiger partial charge in [0.05, 0.1) is 0 Å². The average Bonchev–Trinajstić information content (AvgIpc) is 3.06. The molecule has 0 bridgehead atoms. The van der Waals surface area contributed by atoms with Gasteiger partial charge in [-0.3, -0.25) is 0 Å². The Kier molecular flexibility index (Phi) is 2.55. The van der Waals surface area contributed by atoms with Gasteiger partial charge >= 0.3 is 0 Å². The molecule has 0 spiro atoms. The minimum absolute atomic E-state index is 1.18. The van der Waals surface area contributed by atoms with Crippen LogP contribution >= 0.6 is 0 Å². The van der Waals surface area contributed by atoms with Crippen molar-refractivity contribution < 1.29 is 4.57 Å². The number of hydrogen-bond acceptors (Lipinski definition) is 0. The second-order valence-corrected chi connectivity index (χ2v) is 5.22. The highest BCUT2D eigenvalue weighted by atomic mass is 14.9. The van der Waals surface area contributed by atoms with Gasteiger partial charge in [-0.25, -0.2) is 4.57 Å². The normalized spacial score (nSPS) is 13.9. The summed E-state index contributed by atoms with van der Waals surface area (Å²) in [4.78, 5) is 0. The molecule has 1 aliphatic carbocycles. The first-order valence-corrected chi connectivity index (χ1v) is 6.41. The maximum Gasteiger partial charge on any atom is 0.208 e. The second kappa shape index (κ2) is 4.09. The van der Waals surface area contributed by atoms with Crippen molar-refractivity contribution in [2.45, 2.75) is 20.3 Å². The van der Waals surface area contributed by atoms with Crippen LogP contribution in [0.1, 0.15) is 24.6 Å². The molecule has 0 saturated carbocycles. The van der Waals surface area contributed by atoms with Gasteiger partial charge in [0.15, 0.2) is 6.20 Å². The SMILES string of the molecule is CC1=C(c2ccc(-c3cccc(C)c3)c[n+]2C)C1. The van der Waals surface area contributed by atoms with Crippen molar-refractivity contribution in [3.8, 4) is 11.1 Å². The molecule has 0 N–H and O–H groups in total. The van der Waals surface area contributed by atoms with E-state index >= 15 is 0 Å². The third-order valence-electron chi connectivity index (χ3n) is 3.63. The maximum absolute atomic E-state index is 2.24. The minimum atomic E-state index is 1.18. The summed E-state index contributed by atoms with van der Waals surface area (Å²) in [5, 5.41) is 0. The highest BCUT2D eigenvalue weighted by molar-refractivity contribution is 5.79. The van der Waals surface area contributed by atoms with E-state index in [0.29, 0.717) is 0 Å².